The van der Waals surface area contributed by atoms with Crippen LogP contribution in [0, 0.1) is 10.1 Å². The molecule has 0 fully saturated rings. The van der Waals surface area contributed by atoms with Crippen molar-refractivity contribution in [3.63, 3.8) is 0 Å². The molecule has 0 saturated carbocycles. The molecular formula is C22H13ClN6O2S. The van der Waals surface area contributed by atoms with E-state index < -0.39 is 4.92 Å². The lowest BCUT2D eigenvalue weighted by Crippen LogP contribution is -1.90. The van der Waals surface area contributed by atoms with Crippen LogP contribution in [-0.2, 0) is 0 Å². The van der Waals surface area contributed by atoms with Crippen LogP contribution in [0.4, 0.5) is 16.4 Å². The van der Waals surface area contributed by atoms with Crippen LogP contribution >= 0.6 is 22.9 Å². The third kappa shape index (κ3) is 3.75. The number of fused-ring (bicyclic) bond motifs is 1. The number of rotatable bonds is 5. The van der Waals surface area contributed by atoms with Crippen molar-refractivity contribution >= 4 is 44.3 Å². The second-order valence-electron chi connectivity index (χ2n) is 6.71. The molecule has 5 rings (SSSR count). The first kappa shape index (κ1) is 20.0. The highest BCUT2D eigenvalue weighted by Crippen LogP contribution is 2.40. The number of nitro benzene ring substituents is 1. The Morgan fingerprint density at radius 1 is 0.906 bits per heavy atom. The van der Waals surface area contributed by atoms with Crippen molar-refractivity contribution in [2.45, 2.75) is 0 Å². The van der Waals surface area contributed by atoms with Gasteiger partial charge in [0.1, 0.15) is 11.4 Å². The summed E-state index contributed by atoms with van der Waals surface area (Å²) in [5.74, 6) is 0.470. The van der Waals surface area contributed by atoms with E-state index >= 15 is 0 Å². The molecule has 0 spiro atoms. The number of aromatic nitrogens is 3. The van der Waals surface area contributed by atoms with Crippen LogP contribution in [0.1, 0.15) is 0 Å². The average molecular weight is 461 g/mol. The lowest BCUT2D eigenvalue weighted by atomic mass is 10.2. The molecule has 0 aliphatic carbocycles. The summed E-state index contributed by atoms with van der Waals surface area (Å²) in [5, 5.41) is 25.5. The van der Waals surface area contributed by atoms with Crippen molar-refractivity contribution in [3.05, 3.63) is 94.0 Å². The summed E-state index contributed by atoms with van der Waals surface area (Å²) in [4.78, 5) is 15.7. The molecule has 0 radical (unpaired) electrons. The highest BCUT2D eigenvalue weighted by molar-refractivity contribution is 7.21. The Labute approximate surface area is 190 Å². The molecule has 0 atom stereocenters. The molecule has 3 aromatic carbocycles. The number of thiazole rings is 1. The highest BCUT2D eigenvalue weighted by Gasteiger charge is 2.19. The van der Waals surface area contributed by atoms with Crippen molar-refractivity contribution in [1.82, 2.24) is 14.6 Å². The maximum absolute atomic E-state index is 10.9. The van der Waals surface area contributed by atoms with Crippen molar-refractivity contribution in [1.29, 1.82) is 0 Å². The SMILES string of the molecule is O=[N+]([O-])c1ccc(-c2nc3sc(N=Nc4ccccc4Cl)c(-c4ccccc4)n3n2)cc1. The van der Waals surface area contributed by atoms with E-state index in [1.807, 2.05) is 42.5 Å². The van der Waals surface area contributed by atoms with E-state index in [1.165, 1.54) is 23.5 Å². The summed E-state index contributed by atoms with van der Waals surface area (Å²) in [5.41, 5.74) is 2.93. The van der Waals surface area contributed by atoms with Crippen molar-refractivity contribution in [2.24, 2.45) is 10.2 Å². The summed E-state index contributed by atoms with van der Waals surface area (Å²) < 4.78 is 1.72. The molecule has 2 heterocycles. The van der Waals surface area contributed by atoms with Gasteiger partial charge in [0.2, 0.25) is 4.96 Å². The van der Waals surface area contributed by atoms with Gasteiger partial charge in [0, 0.05) is 23.3 Å². The summed E-state index contributed by atoms with van der Waals surface area (Å²) in [6.45, 7) is 0. The Kier molecular flexibility index (Phi) is 5.18. The van der Waals surface area contributed by atoms with E-state index in [-0.39, 0.29) is 5.69 Å². The van der Waals surface area contributed by atoms with E-state index in [0.29, 0.717) is 32.1 Å². The molecule has 0 aliphatic heterocycles. The van der Waals surface area contributed by atoms with E-state index in [4.69, 9.17) is 11.6 Å². The summed E-state index contributed by atoms with van der Waals surface area (Å²) in [7, 11) is 0. The smallest absolute Gasteiger partial charge is 0.258 e. The minimum absolute atomic E-state index is 0.0158. The van der Waals surface area contributed by atoms with Gasteiger partial charge in [-0.15, -0.1) is 15.3 Å². The van der Waals surface area contributed by atoms with Gasteiger partial charge in [-0.3, -0.25) is 10.1 Å². The van der Waals surface area contributed by atoms with Gasteiger partial charge < -0.3 is 0 Å². The van der Waals surface area contributed by atoms with Gasteiger partial charge in [-0.05, 0) is 24.3 Å². The largest absolute Gasteiger partial charge is 0.269 e. The number of azo groups is 1. The second kappa shape index (κ2) is 8.29. The Bertz CT molecular complexity index is 1460. The van der Waals surface area contributed by atoms with E-state index in [0.717, 1.165) is 11.3 Å². The molecule has 5 aromatic rings. The van der Waals surface area contributed by atoms with Crippen LogP contribution in [0.15, 0.2) is 89.1 Å². The fraction of sp³-hybridized carbons (Fsp3) is 0. The normalized spacial score (nSPS) is 11.4. The van der Waals surface area contributed by atoms with E-state index in [9.17, 15) is 10.1 Å². The first-order chi connectivity index (χ1) is 15.6. The topological polar surface area (TPSA) is 98.0 Å². The summed E-state index contributed by atoms with van der Waals surface area (Å²) in [6.07, 6.45) is 0. The van der Waals surface area contributed by atoms with Gasteiger partial charge in [-0.2, -0.15) is 4.98 Å². The summed E-state index contributed by atoms with van der Waals surface area (Å²) >= 11 is 7.55. The fourth-order valence-corrected chi connectivity index (χ4v) is 4.21. The predicted octanol–water partition coefficient (Wildman–Crippen LogP) is 7.10. The highest BCUT2D eigenvalue weighted by atomic mass is 35.5. The zero-order valence-corrected chi connectivity index (χ0v) is 17.9. The zero-order chi connectivity index (χ0) is 22.1. The van der Waals surface area contributed by atoms with Gasteiger partial charge in [-0.25, -0.2) is 4.52 Å². The molecular weight excluding hydrogens is 448 g/mol. The number of non-ortho nitro benzene ring substituents is 1. The number of nitro groups is 1. The lowest BCUT2D eigenvalue weighted by Gasteiger charge is -2.01. The fourth-order valence-electron chi connectivity index (χ4n) is 3.13. The first-order valence-electron chi connectivity index (χ1n) is 9.46. The molecule has 8 nitrogen and oxygen atoms in total. The number of nitrogens with zero attached hydrogens (tertiary/aromatic N) is 6. The standard InChI is InChI=1S/C22H13ClN6O2S/c23-17-8-4-5-9-18(17)25-26-21-19(14-6-2-1-3-7-14)28-22(32-21)24-20(27-28)15-10-12-16(13-11-15)29(30)31/h1-13H. The molecule has 156 valence electrons. The van der Waals surface area contributed by atoms with Gasteiger partial charge in [-0.1, -0.05) is 65.4 Å². The quantitative estimate of drug-likeness (QED) is 0.158. The lowest BCUT2D eigenvalue weighted by molar-refractivity contribution is -0.384. The van der Waals surface area contributed by atoms with Crippen LogP contribution in [0.5, 0.6) is 0 Å². The predicted molar refractivity (Wildman–Crippen MR) is 124 cm³/mol. The molecule has 2 aromatic heterocycles. The summed E-state index contributed by atoms with van der Waals surface area (Å²) in [6, 6.07) is 23.1. The van der Waals surface area contributed by atoms with Gasteiger partial charge >= 0.3 is 0 Å². The molecule has 0 aliphatic rings. The molecule has 0 amide bonds. The molecule has 0 unspecified atom stereocenters. The molecule has 0 saturated heterocycles. The third-order valence-corrected chi connectivity index (χ3v) is 5.90. The van der Waals surface area contributed by atoms with E-state index in [2.05, 4.69) is 20.3 Å². The van der Waals surface area contributed by atoms with Gasteiger partial charge in [0.05, 0.1) is 9.95 Å². The van der Waals surface area contributed by atoms with Crippen LogP contribution in [0.2, 0.25) is 5.02 Å². The molecule has 10 heteroatoms. The molecule has 0 bridgehead atoms. The van der Waals surface area contributed by atoms with Crippen LogP contribution < -0.4 is 0 Å². The number of benzene rings is 3. The Hall–Kier alpha value is -3.95. The Balaban J connectivity index is 1.61. The van der Waals surface area contributed by atoms with Crippen LogP contribution in [0.3, 0.4) is 0 Å². The minimum Gasteiger partial charge on any atom is -0.258 e. The maximum Gasteiger partial charge on any atom is 0.269 e. The number of halogens is 1. The van der Waals surface area contributed by atoms with Crippen molar-refractivity contribution in [3.8, 4) is 22.6 Å². The number of hydrogen-bond acceptors (Lipinski definition) is 7. The van der Waals surface area contributed by atoms with E-state index in [1.54, 1.807) is 28.8 Å². The minimum atomic E-state index is -0.438. The van der Waals surface area contributed by atoms with Crippen LogP contribution in [0.25, 0.3) is 27.6 Å². The first-order valence-corrected chi connectivity index (χ1v) is 10.7. The molecule has 32 heavy (non-hydrogen) atoms. The Morgan fingerprint density at radius 3 is 2.34 bits per heavy atom. The Morgan fingerprint density at radius 2 is 1.62 bits per heavy atom. The average Bonchev–Trinajstić information content (AvgIpc) is 3.37. The van der Waals surface area contributed by atoms with Gasteiger partial charge in [0.15, 0.2) is 10.8 Å². The zero-order valence-electron chi connectivity index (χ0n) is 16.3. The van der Waals surface area contributed by atoms with Crippen molar-refractivity contribution in [2.75, 3.05) is 0 Å². The number of hydrogen-bond donors (Lipinski definition) is 0. The monoisotopic (exact) mass is 460 g/mol. The van der Waals surface area contributed by atoms with Crippen molar-refractivity contribution < 1.29 is 4.92 Å². The second-order valence-corrected chi connectivity index (χ2v) is 8.07. The van der Waals surface area contributed by atoms with Gasteiger partial charge in [0.25, 0.3) is 5.69 Å². The third-order valence-electron chi connectivity index (χ3n) is 4.66. The van der Waals surface area contributed by atoms with Crippen LogP contribution in [-0.4, -0.2) is 19.5 Å². The molecule has 0 N–H and O–H groups in total. The maximum atomic E-state index is 10.9.